The van der Waals surface area contributed by atoms with Gasteiger partial charge in [0, 0.05) is 18.1 Å². The molecule has 1 unspecified atom stereocenters. The van der Waals surface area contributed by atoms with Crippen LogP contribution in [0.1, 0.15) is 10.9 Å². The average Bonchev–Trinajstić information content (AvgIpc) is 2.60. The van der Waals surface area contributed by atoms with Crippen LogP contribution in [0.4, 0.5) is 0 Å². The van der Waals surface area contributed by atoms with Gasteiger partial charge in [0.25, 0.3) is 0 Å². The van der Waals surface area contributed by atoms with Crippen LogP contribution in [-0.2, 0) is 4.74 Å². The molecule has 1 aromatic heterocycles. The second-order valence-electron chi connectivity index (χ2n) is 2.64. The third-order valence-electron chi connectivity index (χ3n) is 1.69. The molecule has 0 saturated heterocycles. The second-order valence-corrected chi connectivity index (χ2v) is 4.44. The lowest BCUT2D eigenvalue weighted by molar-refractivity contribution is 0.198. The predicted molar refractivity (Wildman–Crippen MR) is 60.3 cm³/mol. The van der Waals surface area contributed by atoms with Crippen LogP contribution in [0.2, 0.25) is 0 Å². The van der Waals surface area contributed by atoms with E-state index in [2.05, 4.69) is 27.3 Å². The van der Waals surface area contributed by atoms with Gasteiger partial charge in [-0.25, -0.2) is 0 Å². The topological polar surface area (TPSA) is 45.0 Å². The van der Waals surface area contributed by atoms with Crippen LogP contribution in [-0.4, -0.2) is 20.3 Å². The van der Waals surface area contributed by atoms with Gasteiger partial charge in [0.05, 0.1) is 17.6 Å². The van der Waals surface area contributed by atoms with E-state index in [4.69, 9.17) is 10.00 Å². The van der Waals surface area contributed by atoms with Gasteiger partial charge in [-0.2, -0.15) is 5.26 Å². The Morgan fingerprint density at radius 2 is 2.57 bits per heavy atom. The summed E-state index contributed by atoms with van der Waals surface area (Å²) in [7, 11) is 1.64. The molecule has 1 atom stereocenters. The van der Waals surface area contributed by atoms with E-state index in [-0.39, 0.29) is 6.04 Å². The molecule has 76 valence electrons. The summed E-state index contributed by atoms with van der Waals surface area (Å²) in [5, 5.41) is 14.0. The molecule has 5 heteroatoms. The summed E-state index contributed by atoms with van der Waals surface area (Å²) in [5.41, 5.74) is 0. The smallest absolute Gasteiger partial charge is 0.131 e. The molecule has 0 aliphatic heterocycles. The Bertz CT molecular complexity index is 321. The fourth-order valence-electron chi connectivity index (χ4n) is 1.01. The first-order valence-corrected chi connectivity index (χ1v) is 5.81. The van der Waals surface area contributed by atoms with Crippen LogP contribution < -0.4 is 5.32 Å². The Balaban J connectivity index is 2.56. The van der Waals surface area contributed by atoms with Gasteiger partial charge in [-0.1, -0.05) is 0 Å². The zero-order valence-electron chi connectivity index (χ0n) is 7.79. The first kappa shape index (κ1) is 11.7. The predicted octanol–water partition coefficient (Wildman–Crippen LogP) is 2.31. The highest BCUT2D eigenvalue weighted by atomic mass is 79.9. The molecule has 0 aliphatic rings. The largest absolute Gasteiger partial charge is 0.383 e. The van der Waals surface area contributed by atoms with Gasteiger partial charge in [0.1, 0.15) is 6.04 Å². The molecule has 1 N–H and O–H groups in total. The maximum Gasteiger partial charge on any atom is 0.131 e. The lowest BCUT2D eigenvalue weighted by Crippen LogP contribution is -2.23. The maximum absolute atomic E-state index is 8.95. The van der Waals surface area contributed by atoms with E-state index >= 15 is 0 Å². The lowest BCUT2D eigenvalue weighted by atomic mass is 10.2. The lowest BCUT2D eigenvalue weighted by Gasteiger charge is -2.09. The second kappa shape index (κ2) is 6.14. The standard InChI is InChI=1S/C9H11BrN2OS/c1-13-4-3-12-8(6-11)9-7(10)2-5-14-9/h2,5,8,12H,3-4H2,1H3. The molecule has 0 amide bonds. The number of thiophene rings is 1. The van der Waals surface area contributed by atoms with Crippen LogP contribution in [0, 0.1) is 11.3 Å². The van der Waals surface area contributed by atoms with E-state index in [1.807, 2.05) is 11.4 Å². The SMILES string of the molecule is COCCNC(C#N)c1sccc1Br. The van der Waals surface area contributed by atoms with Crippen LogP contribution in [0.3, 0.4) is 0 Å². The molecule has 0 aliphatic carbocycles. The van der Waals surface area contributed by atoms with Gasteiger partial charge in [-0.3, -0.25) is 5.32 Å². The molecule has 0 radical (unpaired) electrons. The molecular formula is C9H11BrN2OS. The van der Waals surface area contributed by atoms with Crippen molar-refractivity contribution in [3.63, 3.8) is 0 Å². The van der Waals surface area contributed by atoms with Crippen molar-refractivity contribution in [3.8, 4) is 6.07 Å². The summed E-state index contributed by atoms with van der Waals surface area (Å²) in [6.45, 7) is 1.29. The number of halogens is 1. The number of hydrogen-bond acceptors (Lipinski definition) is 4. The Labute approximate surface area is 95.8 Å². The van der Waals surface area contributed by atoms with Crippen LogP contribution in [0.5, 0.6) is 0 Å². The quantitative estimate of drug-likeness (QED) is 0.839. The van der Waals surface area contributed by atoms with Crippen molar-refractivity contribution in [2.45, 2.75) is 6.04 Å². The van der Waals surface area contributed by atoms with Gasteiger partial charge in [0.2, 0.25) is 0 Å². The summed E-state index contributed by atoms with van der Waals surface area (Å²) < 4.78 is 5.89. The Morgan fingerprint density at radius 1 is 1.79 bits per heavy atom. The monoisotopic (exact) mass is 274 g/mol. The highest BCUT2D eigenvalue weighted by Crippen LogP contribution is 2.28. The Hall–Kier alpha value is -0.410. The van der Waals surface area contributed by atoms with Crippen molar-refractivity contribution in [2.75, 3.05) is 20.3 Å². The third kappa shape index (κ3) is 3.07. The molecule has 1 heterocycles. The average molecular weight is 275 g/mol. The number of ether oxygens (including phenoxy) is 1. The van der Waals surface area contributed by atoms with Gasteiger partial charge in [-0.05, 0) is 27.4 Å². The minimum Gasteiger partial charge on any atom is -0.383 e. The van der Waals surface area contributed by atoms with Crippen molar-refractivity contribution in [1.82, 2.24) is 5.32 Å². The first-order valence-electron chi connectivity index (χ1n) is 4.14. The van der Waals surface area contributed by atoms with Gasteiger partial charge < -0.3 is 4.74 Å². The molecule has 3 nitrogen and oxygen atoms in total. The van der Waals surface area contributed by atoms with Crippen LogP contribution in [0.25, 0.3) is 0 Å². The van der Waals surface area contributed by atoms with Crippen molar-refractivity contribution in [3.05, 3.63) is 20.8 Å². The molecule has 0 bridgehead atoms. The third-order valence-corrected chi connectivity index (χ3v) is 3.63. The summed E-state index contributed by atoms with van der Waals surface area (Å²) in [4.78, 5) is 1.02. The minimum atomic E-state index is -0.250. The van der Waals surface area contributed by atoms with E-state index in [0.29, 0.717) is 13.2 Å². The molecular weight excluding hydrogens is 264 g/mol. The van der Waals surface area contributed by atoms with Crippen molar-refractivity contribution in [1.29, 1.82) is 5.26 Å². The summed E-state index contributed by atoms with van der Waals surface area (Å²) in [6, 6.07) is 3.91. The summed E-state index contributed by atoms with van der Waals surface area (Å²) in [6.07, 6.45) is 0. The zero-order valence-corrected chi connectivity index (χ0v) is 10.2. The molecule has 0 aromatic carbocycles. The molecule has 0 saturated carbocycles. The number of hydrogen-bond donors (Lipinski definition) is 1. The van der Waals surface area contributed by atoms with Crippen LogP contribution in [0.15, 0.2) is 15.9 Å². The fraction of sp³-hybridized carbons (Fsp3) is 0.444. The maximum atomic E-state index is 8.95. The number of rotatable bonds is 5. The number of nitrogens with one attached hydrogen (secondary N) is 1. The van der Waals surface area contributed by atoms with Crippen LogP contribution >= 0.6 is 27.3 Å². The number of nitriles is 1. The normalized spacial score (nSPS) is 12.4. The van der Waals surface area contributed by atoms with E-state index in [0.717, 1.165) is 9.35 Å². The highest BCUT2D eigenvalue weighted by molar-refractivity contribution is 9.10. The number of nitrogens with zero attached hydrogens (tertiary/aromatic N) is 1. The first-order chi connectivity index (χ1) is 6.79. The van der Waals surface area contributed by atoms with E-state index in [1.165, 1.54) is 0 Å². The fourth-order valence-corrected chi connectivity index (χ4v) is 2.63. The zero-order chi connectivity index (χ0) is 10.4. The van der Waals surface area contributed by atoms with E-state index < -0.39 is 0 Å². The van der Waals surface area contributed by atoms with Gasteiger partial charge in [0.15, 0.2) is 0 Å². The molecule has 14 heavy (non-hydrogen) atoms. The minimum absolute atomic E-state index is 0.250. The Morgan fingerprint density at radius 3 is 3.07 bits per heavy atom. The van der Waals surface area contributed by atoms with Gasteiger partial charge >= 0.3 is 0 Å². The van der Waals surface area contributed by atoms with Crippen molar-refractivity contribution >= 4 is 27.3 Å². The van der Waals surface area contributed by atoms with Gasteiger partial charge in [-0.15, -0.1) is 11.3 Å². The number of methoxy groups -OCH3 is 1. The molecule has 0 fully saturated rings. The van der Waals surface area contributed by atoms with Crippen molar-refractivity contribution < 1.29 is 4.74 Å². The molecule has 0 spiro atoms. The summed E-state index contributed by atoms with van der Waals surface area (Å²) in [5.74, 6) is 0. The molecule has 1 rings (SSSR count). The van der Waals surface area contributed by atoms with Crippen molar-refractivity contribution in [2.24, 2.45) is 0 Å². The van der Waals surface area contributed by atoms with E-state index in [9.17, 15) is 0 Å². The Kier molecular flexibility index (Phi) is 5.12. The summed E-state index contributed by atoms with van der Waals surface area (Å²) >= 11 is 4.97. The highest BCUT2D eigenvalue weighted by Gasteiger charge is 2.13. The van der Waals surface area contributed by atoms with E-state index in [1.54, 1.807) is 18.4 Å². The molecule has 1 aromatic rings.